The summed E-state index contributed by atoms with van der Waals surface area (Å²) in [7, 11) is 4.94. The lowest BCUT2D eigenvalue weighted by molar-refractivity contribution is 0.164. The highest BCUT2D eigenvalue weighted by atomic mass is 16.5. The lowest BCUT2D eigenvalue weighted by Crippen LogP contribution is -2.39. The first kappa shape index (κ1) is 16.9. The van der Waals surface area contributed by atoms with Crippen LogP contribution < -0.4 is 19.9 Å². The van der Waals surface area contributed by atoms with Crippen molar-refractivity contribution >= 4 is 0 Å². The van der Waals surface area contributed by atoms with Gasteiger partial charge in [0.1, 0.15) is 0 Å². The SMILES string of the molecule is COc1ccc(CN2CCC(C(C)N)CC2)c(OC)c1OC. The van der Waals surface area contributed by atoms with Crippen molar-refractivity contribution in [1.82, 2.24) is 4.90 Å². The third kappa shape index (κ3) is 3.65. The van der Waals surface area contributed by atoms with Crippen LogP contribution in [0, 0.1) is 5.92 Å². The van der Waals surface area contributed by atoms with E-state index in [1.165, 1.54) is 0 Å². The van der Waals surface area contributed by atoms with Crippen LogP contribution in [0.3, 0.4) is 0 Å². The molecule has 5 heteroatoms. The number of piperidine rings is 1. The minimum atomic E-state index is 0.290. The number of benzene rings is 1. The zero-order chi connectivity index (χ0) is 16.1. The fourth-order valence-corrected chi connectivity index (χ4v) is 3.17. The molecule has 2 N–H and O–H groups in total. The lowest BCUT2D eigenvalue weighted by Gasteiger charge is -2.34. The Morgan fingerprint density at radius 3 is 2.23 bits per heavy atom. The van der Waals surface area contributed by atoms with Crippen LogP contribution in [0.15, 0.2) is 12.1 Å². The topological polar surface area (TPSA) is 57.0 Å². The molecule has 2 rings (SSSR count). The van der Waals surface area contributed by atoms with Crippen molar-refractivity contribution in [2.24, 2.45) is 11.7 Å². The Balaban J connectivity index is 2.10. The smallest absolute Gasteiger partial charge is 0.203 e. The molecule has 1 unspecified atom stereocenters. The van der Waals surface area contributed by atoms with Crippen LogP contribution >= 0.6 is 0 Å². The molecule has 0 aromatic heterocycles. The highest BCUT2D eigenvalue weighted by Crippen LogP contribution is 2.40. The Kier molecular flexibility index (Phi) is 5.91. The molecule has 0 spiro atoms. The molecule has 124 valence electrons. The Hall–Kier alpha value is -1.46. The van der Waals surface area contributed by atoms with Crippen molar-refractivity contribution in [3.05, 3.63) is 17.7 Å². The Morgan fingerprint density at radius 1 is 1.09 bits per heavy atom. The summed E-state index contributed by atoms with van der Waals surface area (Å²) in [5.74, 6) is 2.76. The monoisotopic (exact) mass is 308 g/mol. The van der Waals surface area contributed by atoms with Crippen molar-refractivity contribution in [1.29, 1.82) is 0 Å². The van der Waals surface area contributed by atoms with E-state index >= 15 is 0 Å². The average molecular weight is 308 g/mol. The van der Waals surface area contributed by atoms with Crippen LogP contribution in [0.4, 0.5) is 0 Å². The molecule has 0 aliphatic carbocycles. The zero-order valence-corrected chi connectivity index (χ0v) is 14.1. The van der Waals surface area contributed by atoms with E-state index in [4.69, 9.17) is 19.9 Å². The Labute approximate surface area is 133 Å². The molecule has 22 heavy (non-hydrogen) atoms. The van der Waals surface area contributed by atoms with Gasteiger partial charge < -0.3 is 19.9 Å². The van der Waals surface area contributed by atoms with E-state index < -0.39 is 0 Å². The number of nitrogens with zero attached hydrogens (tertiary/aromatic N) is 1. The second-order valence-corrected chi connectivity index (χ2v) is 5.97. The number of ether oxygens (including phenoxy) is 3. The molecule has 1 aromatic rings. The summed E-state index contributed by atoms with van der Waals surface area (Å²) in [5, 5.41) is 0. The Bertz CT molecular complexity index is 483. The van der Waals surface area contributed by atoms with Gasteiger partial charge in [0.2, 0.25) is 5.75 Å². The highest BCUT2D eigenvalue weighted by Gasteiger charge is 2.23. The highest BCUT2D eigenvalue weighted by molar-refractivity contribution is 5.55. The molecule has 0 amide bonds. The van der Waals surface area contributed by atoms with Crippen LogP contribution in [0.25, 0.3) is 0 Å². The third-order valence-electron chi connectivity index (χ3n) is 4.56. The van der Waals surface area contributed by atoms with Crippen LogP contribution in [0.5, 0.6) is 17.2 Å². The van der Waals surface area contributed by atoms with Crippen molar-refractivity contribution in [3.63, 3.8) is 0 Å². The van der Waals surface area contributed by atoms with Gasteiger partial charge in [-0.3, -0.25) is 4.90 Å². The fourth-order valence-electron chi connectivity index (χ4n) is 3.17. The number of methoxy groups -OCH3 is 3. The van der Waals surface area contributed by atoms with Gasteiger partial charge in [-0.25, -0.2) is 0 Å². The van der Waals surface area contributed by atoms with Gasteiger partial charge in [-0.05, 0) is 44.8 Å². The van der Waals surface area contributed by atoms with Gasteiger partial charge >= 0.3 is 0 Å². The average Bonchev–Trinajstić information content (AvgIpc) is 2.54. The van der Waals surface area contributed by atoms with Gasteiger partial charge in [-0.2, -0.15) is 0 Å². The van der Waals surface area contributed by atoms with Crippen LogP contribution in [-0.2, 0) is 6.54 Å². The van der Waals surface area contributed by atoms with E-state index in [0.29, 0.717) is 17.4 Å². The van der Waals surface area contributed by atoms with Crippen molar-refractivity contribution in [3.8, 4) is 17.2 Å². The molecule has 1 aromatic carbocycles. The van der Waals surface area contributed by atoms with Crippen LogP contribution in [-0.4, -0.2) is 45.4 Å². The van der Waals surface area contributed by atoms with E-state index in [9.17, 15) is 0 Å². The van der Waals surface area contributed by atoms with E-state index in [-0.39, 0.29) is 6.04 Å². The number of nitrogens with two attached hydrogens (primary N) is 1. The van der Waals surface area contributed by atoms with E-state index in [0.717, 1.165) is 43.8 Å². The quantitative estimate of drug-likeness (QED) is 0.873. The van der Waals surface area contributed by atoms with Gasteiger partial charge in [0, 0.05) is 18.2 Å². The van der Waals surface area contributed by atoms with Crippen molar-refractivity contribution < 1.29 is 14.2 Å². The molecule has 1 saturated heterocycles. The first-order chi connectivity index (χ1) is 10.6. The summed E-state index contributed by atoms with van der Waals surface area (Å²) in [6.07, 6.45) is 2.32. The maximum atomic E-state index is 6.01. The van der Waals surface area contributed by atoms with Crippen molar-refractivity contribution in [2.75, 3.05) is 34.4 Å². The normalized spacial score (nSPS) is 18.0. The summed E-state index contributed by atoms with van der Waals surface area (Å²) in [4.78, 5) is 2.45. The number of hydrogen-bond donors (Lipinski definition) is 1. The summed E-state index contributed by atoms with van der Waals surface area (Å²) in [6, 6.07) is 4.28. The molecule has 1 heterocycles. The number of hydrogen-bond acceptors (Lipinski definition) is 5. The Morgan fingerprint density at radius 2 is 1.73 bits per heavy atom. The molecule has 0 radical (unpaired) electrons. The summed E-state index contributed by atoms with van der Waals surface area (Å²) in [5.41, 5.74) is 7.14. The predicted molar refractivity (Wildman–Crippen MR) is 87.7 cm³/mol. The van der Waals surface area contributed by atoms with Gasteiger partial charge in [0.15, 0.2) is 11.5 Å². The molecule has 1 aliphatic heterocycles. The maximum Gasteiger partial charge on any atom is 0.203 e. The van der Waals surface area contributed by atoms with E-state index in [1.54, 1.807) is 21.3 Å². The van der Waals surface area contributed by atoms with Crippen LogP contribution in [0.2, 0.25) is 0 Å². The predicted octanol–water partition coefficient (Wildman–Crippen LogP) is 2.27. The van der Waals surface area contributed by atoms with Gasteiger partial charge in [-0.1, -0.05) is 6.07 Å². The standard InChI is InChI=1S/C17H28N2O3/c1-12(18)13-7-9-19(10-8-13)11-14-5-6-15(20-2)17(22-4)16(14)21-3/h5-6,12-13H,7-11,18H2,1-4H3. The third-order valence-corrected chi connectivity index (χ3v) is 4.56. The maximum absolute atomic E-state index is 6.01. The van der Waals surface area contributed by atoms with E-state index in [1.807, 2.05) is 6.07 Å². The lowest BCUT2D eigenvalue weighted by atomic mass is 9.91. The van der Waals surface area contributed by atoms with E-state index in [2.05, 4.69) is 17.9 Å². The molecule has 0 saturated carbocycles. The molecule has 5 nitrogen and oxygen atoms in total. The molecule has 1 aliphatic rings. The molecular weight excluding hydrogens is 280 g/mol. The second-order valence-electron chi connectivity index (χ2n) is 5.97. The van der Waals surface area contributed by atoms with Gasteiger partial charge in [-0.15, -0.1) is 0 Å². The number of likely N-dealkylation sites (tertiary alicyclic amines) is 1. The first-order valence-corrected chi connectivity index (χ1v) is 7.86. The largest absolute Gasteiger partial charge is 0.493 e. The second kappa shape index (κ2) is 7.70. The zero-order valence-electron chi connectivity index (χ0n) is 14.1. The number of rotatable bonds is 6. The van der Waals surface area contributed by atoms with Crippen LogP contribution in [0.1, 0.15) is 25.3 Å². The molecule has 1 fully saturated rings. The minimum absolute atomic E-state index is 0.290. The van der Waals surface area contributed by atoms with Gasteiger partial charge in [0.05, 0.1) is 21.3 Å². The fraction of sp³-hybridized carbons (Fsp3) is 0.647. The first-order valence-electron chi connectivity index (χ1n) is 7.86. The summed E-state index contributed by atoms with van der Waals surface area (Å²) in [6.45, 7) is 5.11. The minimum Gasteiger partial charge on any atom is -0.493 e. The summed E-state index contributed by atoms with van der Waals surface area (Å²) < 4.78 is 16.3. The van der Waals surface area contributed by atoms with Gasteiger partial charge in [0.25, 0.3) is 0 Å². The van der Waals surface area contributed by atoms with Crippen molar-refractivity contribution in [2.45, 2.75) is 32.4 Å². The molecule has 1 atom stereocenters. The molecular formula is C17H28N2O3. The summed E-state index contributed by atoms with van der Waals surface area (Å²) >= 11 is 0. The molecule has 0 bridgehead atoms.